The van der Waals surface area contributed by atoms with E-state index in [1.165, 1.54) is 0 Å². The zero-order chi connectivity index (χ0) is 20.1. The molecule has 2 rings (SSSR count). The molecule has 0 fully saturated rings. The predicted octanol–water partition coefficient (Wildman–Crippen LogP) is 4.31. The number of amides is 1. The van der Waals surface area contributed by atoms with E-state index in [4.69, 9.17) is 10.5 Å². The summed E-state index contributed by atoms with van der Waals surface area (Å²) in [4.78, 5) is 23.4. The van der Waals surface area contributed by atoms with Gasteiger partial charge in [-0.2, -0.15) is 0 Å². The maximum absolute atomic E-state index is 13.0. The summed E-state index contributed by atoms with van der Waals surface area (Å²) in [5, 5.41) is 0. The molecule has 27 heavy (non-hydrogen) atoms. The average molecular weight is 435 g/mol. The number of aryl methyl sites for hydroxylation is 1. The van der Waals surface area contributed by atoms with Gasteiger partial charge in [0, 0.05) is 18.7 Å². The SMILES string of the molecule is CCN(CC)C(=O)c1c(C)nc(N)nc1-c1ccc(OCC(C)C)c(Br)c1. The molecule has 1 aromatic carbocycles. The summed E-state index contributed by atoms with van der Waals surface area (Å²) >= 11 is 3.55. The van der Waals surface area contributed by atoms with Gasteiger partial charge in [-0.05, 0) is 60.8 Å². The van der Waals surface area contributed by atoms with Crippen LogP contribution < -0.4 is 10.5 Å². The molecule has 2 aromatic rings. The van der Waals surface area contributed by atoms with Crippen LogP contribution in [0.2, 0.25) is 0 Å². The minimum absolute atomic E-state index is 0.0937. The van der Waals surface area contributed by atoms with Crippen molar-refractivity contribution in [2.75, 3.05) is 25.4 Å². The molecule has 1 amide bonds. The van der Waals surface area contributed by atoms with Crippen molar-refractivity contribution < 1.29 is 9.53 Å². The second-order valence-corrected chi connectivity index (χ2v) is 7.57. The van der Waals surface area contributed by atoms with Gasteiger partial charge in [-0.25, -0.2) is 9.97 Å². The Hall–Kier alpha value is -2.15. The second kappa shape index (κ2) is 9.17. The van der Waals surface area contributed by atoms with Gasteiger partial charge in [-0.15, -0.1) is 0 Å². The number of anilines is 1. The molecule has 0 saturated heterocycles. The number of benzene rings is 1. The predicted molar refractivity (Wildman–Crippen MR) is 112 cm³/mol. The van der Waals surface area contributed by atoms with Gasteiger partial charge in [0.25, 0.3) is 5.91 Å². The van der Waals surface area contributed by atoms with Crippen molar-refractivity contribution in [3.63, 3.8) is 0 Å². The molecule has 0 aliphatic heterocycles. The smallest absolute Gasteiger partial charge is 0.257 e. The third kappa shape index (κ3) is 4.97. The minimum Gasteiger partial charge on any atom is -0.492 e. The molecular formula is C20H27BrN4O2. The number of aromatic nitrogens is 2. The Labute approximate surface area is 169 Å². The third-order valence-electron chi connectivity index (χ3n) is 4.15. The summed E-state index contributed by atoms with van der Waals surface area (Å²) in [6.45, 7) is 11.7. The quantitative estimate of drug-likeness (QED) is 0.701. The number of rotatable bonds is 7. The van der Waals surface area contributed by atoms with Crippen molar-refractivity contribution in [2.24, 2.45) is 5.92 Å². The monoisotopic (exact) mass is 434 g/mol. The fourth-order valence-electron chi connectivity index (χ4n) is 2.75. The van der Waals surface area contributed by atoms with Gasteiger partial charge < -0.3 is 15.4 Å². The Morgan fingerprint density at radius 2 is 1.93 bits per heavy atom. The van der Waals surface area contributed by atoms with Gasteiger partial charge in [-0.3, -0.25) is 4.79 Å². The lowest BCUT2D eigenvalue weighted by atomic mass is 10.0. The van der Waals surface area contributed by atoms with Crippen LogP contribution in [0.15, 0.2) is 22.7 Å². The molecule has 1 aromatic heterocycles. The Bertz CT molecular complexity index is 820. The lowest BCUT2D eigenvalue weighted by molar-refractivity contribution is 0.0772. The molecular weight excluding hydrogens is 408 g/mol. The van der Waals surface area contributed by atoms with Crippen LogP contribution in [0, 0.1) is 12.8 Å². The van der Waals surface area contributed by atoms with Crippen molar-refractivity contribution in [3.8, 4) is 17.0 Å². The molecule has 0 radical (unpaired) electrons. The number of carbonyl (C=O) groups excluding carboxylic acids is 1. The maximum Gasteiger partial charge on any atom is 0.257 e. The van der Waals surface area contributed by atoms with Crippen LogP contribution in [0.25, 0.3) is 11.3 Å². The molecule has 7 heteroatoms. The third-order valence-corrected chi connectivity index (χ3v) is 4.77. The number of halogens is 1. The number of nitrogen functional groups attached to an aromatic ring is 1. The van der Waals surface area contributed by atoms with Crippen LogP contribution in [0.3, 0.4) is 0 Å². The van der Waals surface area contributed by atoms with E-state index in [0.29, 0.717) is 42.6 Å². The lowest BCUT2D eigenvalue weighted by Crippen LogP contribution is -2.32. The van der Waals surface area contributed by atoms with Crippen LogP contribution in [0.5, 0.6) is 5.75 Å². The highest BCUT2D eigenvalue weighted by atomic mass is 79.9. The van der Waals surface area contributed by atoms with E-state index in [0.717, 1.165) is 15.8 Å². The first kappa shape index (κ1) is 21.2. The van der Waals surface area contributed by atoms with E-state index in [2.05, 4.69) is 39.7 Å². The molecule has 0 saturated carbocycles. The maximum atomic E-state index is 13.0. The normalized spacial score (nSPS) is 10.9. The van der Waals surface area contributed by atoms with Gasteiger partial charge in [0.1, 0.15) is 5.75 Å². The van der Waals surface area contributed by atoms with E-state index >= 15 is 0 Å². The van der Waals surface area contributed by atoms with E-state index < -0.39 is 0 Å². The number of hydrogen-bond donors (Lipinski definition) is 1. The molecule has 0 spiro atoms. The molecule has 0 aliphatic rings. The number of ether oxygens (including phenoxy) is 1. The van der Waals surface area contributed by atoms with Crippen molar-refractivity contribution in [1.82, 2.24) is 14.9 Å². The van der Waals surface area contributed by atoms with Gasteiger partial charge in [0.15, 0.2) is 0 Å². The van der Waals surface area contributed by atoms with E-state index in [9.17, 15) is 4.79 Å². The summed E-state index contributed by atoms with van der Waals surface area (Å²) in [7, 11) is 0. The molecule has 0 bridgehead atoms. The van der Waals surface area contributed by atoms with Crippen molar-refractivity contribution in [3.05, 3.63) is 33.9 Å². The first-order valence-corrected chi connectivity index (χ1v) is 9.93. The first-order valence-electron chi connectivity index (χ1n) is 9.14. The van der Waals surface area contributed by atoms with Crippen LogP contribution in [-0.2, 0) is 0 Å². The molecule has 2 N–H and O–H groups in total. The fraction of sp³-hybridized carbons (Fsp3) is 0.450. The minimum atomic E-state index is -0.0937. The van der Waals surface area contributed by atoms with Crippen LogP contribution in [0.1, 0.15) is 43.7 Å². The van der Waals surface area contributed by atoms with Crippen molar-refractivity contribution in [1.29, 1.82) is 0 Å². The van der Waals surface area contributed by atoms with Gasteiger partial charge in [0.2, 0.25) is 5.95 Å². The van der Waals surface area contributed by atoms with E-state index in [1.807, 2.05) is 32.0 Å². The highest BCUT2D eigenvalue weighted by Gasteiger charge is 2.23. The number of hydrogen-bond acceptors (Lipinski definition) is 5. The number of nitrogens with zero attached hydrogens (tertiary/aromatic N) is 3. The summed E-state index contributed by atoms with van der Waals surface area (Å²) in [5.74, 6) is 1.24. The molecule has 0 unspecified atom stereocenters. The molecule has 146 valence electrons. The second-order valence-electron chi connectivity index (χ2n) is 6.72. The Morgan fingerprint density at radius 1 is 1.26 bits per heavy atom. The number of carbonyl (C=O) groups is 1. The topological polar surface area (TPSA) is 81.3 Å². The number of nitrogens with two attached hydrogens (primary N) is 1. The Kier molecular flexibility index (Phi) is 7.18. The average Bonchev–Trinajstić information content (AvgIpc) is 2.60. The molecule has 1 heterocycles. The largest absolute Gasteiger partial charge is 0.492 e. The lowest BCUT2D eigenvalue weighted by Gasteiger charge is -2.21. The first-order chi connectivity index (χ1) is 12.8. The summed E-state index contributed by atoms with van der Waals surface area (Å²) in [5.41, 5.74) is 8.25. The zero-order valence-corrected chi connectivity index (χ0v) is 18.1. The molecule has 6 nitrogen and oxygen atoms in total. The van der Waals surface area contributed by atoms with Crippen LogP contribution in [-0.4, -0.2) is 40.5 Å². The Balaban J connectivity index is 2.52. The highest BCUT2D eigenvalue weighted by Crippen LogP contribution is 2.33. The van der Waals surface area contributed by atoms with E-state index in [1.54, 1.807) is 11.8 Å². The van der Waals surface area contributed by atoms with Crippen molar-refractivity contribution in [2.45, 2.75) is 34.6 Å². The summed E-state index contributed by atoms with van der Waals surface area (Å²) in [6, 6.07) is 5.66. The van der Waals surface area contributed by atoms with Gasteiger partial charge >= 0.3 is 0 Å². The summed E-state index contributed by atoms with van der Waals surface area (Å²) in [6.07, 6.45) is 0. The van der Waals surface area contributed by atoms with Crippen LogP contribution in [0.4, 0.5) is 5.95 Å². The summed E-state index contributed by atoms with van der Waals surface area (Å²) < 4.78 is 6.61. The van der Waals surface area contributed by atoms with Gasteiger partial charge in [0.05, 0.1) is 28.0 Å². The van der Waals surface area contributed by atoms with Gasteiger partial charge in [-0.1, -0.05) is 13.8 Å². The van der Waals surface area contributed by atoms with E-state index in [-0.39, 0.29) is 11.9 Å². The fourth-order valence-corrected chi connectivity index (χ4v) is 3.24. The van der Waals surface area contributed by atoms with Crippen molar-refractivity contribution >= 4 is 27.8 Å². The molecule has 0 aliphatic carbocycles. The molecule has 0 atom stereocenters. The highest BCUT2D eigenvalue weighted by molar-refractivity contribution is 9.10. The van der Waals surface area contributed by atoms with Crippen LogP contribution >= 0.6 is 15.9 Å². The standard InChI is InChI=1S/C20H27BrN4O2/c1-6-25(7-2)19(26)17-13(5)23-20(22)24-18(17)14-8-9-16(15(21)10-14)27-11-12(3)4/h8-10,12H,6-7,11H2,1-5H3,(H2,22,23,24). The Morgan fingerprint density at radius 3 is 2.48 bits per heavy atom. The zero-order valence-electron chi connectivity index (χ0n) is 16.5.